The molecule has 0 bridgehead atoms. The Labute approximate surface area is 233 Å². The average molecular weight is 648 g/mol. The van der Waals surface area contributed by atoms with Crippen LogP contribution in [0.2, 0.25) is 10.0 Å². The maximum Gasteiger partial charge on any atom is 0.266 e. The molecule has 1 amide bonds. The van der Waals surface area contributed by atoms with Crippen LogP contribution in [0, 0.1) is 3.57 Å². The number of hydrogen-bond acceptors (Lipinski definition) is 5. The van der Waals surface area contributed by atoms with Crippen molar-refractivity contribution in [2.45, 2.75) is 51.7 Å². The molecule has 1 aliphatic heterocycles. The normalized spacial score (nSPS) is 18.1. The molecule has 0 radical (unpaired) electrons. The summed E-state index contributed by atoms with van der Waals surface area (Å²) < 4.78 is 13.5. The van der Waals surface area contributed by atoms with Crippen LogP contribution >= 0.6 is 69.8 Å². The predicted octanol–water partition coefficient (Wildman–Crippen LogP) is 8.11. The van der Waals surface area contributed by atoms with Crippen LogP contribution in [0.15, 0.2) is 35.2 Å². The van der Waals surface area contributed by atoms with Crippen LogP contribution in [0.1, 0.15) is 50.2 Å². The van der Waals surface area contributed by atoms with Gasteiger partial charge >= 0.3 is 0 Å². The van der Waals surface area contributed by atoms with Gasteiger partial charge < -0.3 is 9.47 Å². The van der Waals surface area contributed by atoms with Crippen LogP contribution in [0.25, 0.3) is 6.08 Å². The highest BCUT2D eigenvalue weighted by Crippen LogP contribution is 2.40. The minimum Gasteiger partial charge on any atom is -0.490 e. The largest absolute Gasteiger partial charge is 0.490 e. The van der Waals surface area contributed by atoms with Crippen molar-refractivity contribution in [3.8, 4) is 11.5 Å². The molecule has 2 aromatic carbocycles. The minimum absolute atomic E-state index is 0.00701. The van der Waals surface area contributed by atoms with E-state index in [1.165, 1.54) is 18.2 Å². The Morgan fingerprint density at radius 3 is 2.65 bits per heavy atom. The summed E-state index contributed by atoms with van der Waals surface area (Å²) in [5, 5.41) is 1.13. The lowest BCUT2D eigenvalue weighted by atomic mass is 9.94. The zero-order valence-electron chi connectivity index (χ0n) is 18.6. The summed E-state index contributed by atoms with van der Waals surface area (Å²) >= 11 is 21.5. The fourth-order valence-electron chi connectivity index (χ4n) is 4.15. The number of benzene rings is 2. The summed E-state index contributed by atoms with van der Waals surface area (Å²) in [7, 11) is 0. The molecule has 0 N–H and O–H groups in total. The van der Waals surface area contributed by atoms with Crippen molar-refractivity contribution in [2.75, 3.05) is 6.61 Å². The Balaban J connectivity index is 1.56. The van der Waals surface area contributed by atoms with E-state index in [0.29, 0.717) is 37.4 Å². The summed E-state index contributed by atoms with van der Waals surface area (Å²) in [4.78, 5) is 15.6. The van der Waals surface area contributed by atoms with Crippen LogP contribution in [0.3, 0.4) is 0 Å². The van der Waals surface area contributed by atoms with E-state index in [4.69, 9.17) is 44.9 Å². The molecule has 180 valence electrons. The predicted molar refractivity (Wildman–Crippen MR) is 153 cm³/mol. The summed E-state index contributed by atoms with van der Waals surface area (Å²) in [6.45, 7) is 2.70. The molecule has 4 rings (SSSR count). The molecule has 2 fully saturated rings. The van der Waals surface area contributed by atoms with Gasteiger partial charge in [0.05, 0.1) is 15.1 Å². The number of thioether (sulfide) groups is 1. The number of halogens is 3. The Kier molecular flexibility index (Phi) is 9.07. The quantitative estimate of drug-likeness (QED) is 0.172. The third kappa shape index (κ3) is 6.03. The van der Waals surface area contributed by atoms with Gasteiger partial charge in [-0.25, -0.2) is 0 Å². The molecule has 2 aromatic rings. The van der Waals surface area contributed by atoms with Crippen LogP contribution < -0.4 is 9.47 Å². The number of hydrogen-bond donors (Lipinski definition) is 0. The molecule has 34 heavy (non-hydrogen) atoms. The van der Waals surface area contributed by atoms with Crippen molar-refractivity contribution < 1.29 is 14.3 Å². The van der Waals surface area contributed by atoms with Crippen LogP contribution in [0.4, 0.5) is 0 Å². The van der Waals surface area contributed by atoms with Gasteiger partial charge in [-0.05, 0) is 78.3 Å². The number of thiocarbonyl (C=S) groups is 1. The van der Waals surface area contributed by atoms with Gasteiger partial charge in [0.15, 0.2) is 11.5 Å². The van der Waals surface area contributed by atoms with Crippen molar-refractivity contribution in [2.24, 2.45) is 0 Å². The summed E-state index contributed by atoms with van der Waals surface area (Å²) in [5.74, 6) is 1.27. The highest BCUT2D eigenvalue weighted by molar-refractivity contribution is 14.1. The maximum atomic E-state index is 13.2. The molecule has 1 aliphatic carbocycles. The maximum absolute atomic E-state index is 13.2. The number of carbonyl (C=O) groups is 1. The zero-order valence-corrected chi connectivity index (χ0v) is 23.9. The van der Waals surface area contributed by atoms with E-state index in [1.807, 2.05) is 36.1 Å². The smallest absolute Gasteiger partial charge is 0.266 e. The second-order valence-corrected chi connectivity index (χ2v) is 11.8. The first-order chi connectivity index (χ1) is 16.4. The highest BCUT2D eigenvalue weighted by Gasteiger charge is 2.37. The standard InChI is InChI=1S/C25H24Cl2INO3S2/c1-2-31-21-11-15(10-20(28)23(21)32-14-16-8-9-17(26)13-19(16)27)12-22-24(30)29(25(33)34-22)18-6-4-3-5-7-18/h8-13,18H,2-7,14H2,1H3/b22-12-. The number of rotatable bonds is 7. The molecule has 0 spiro atoms. The lowest BCUT2D eigenvalue weighted by Crippen LogP contribution is -2.39. The van der Waals surface area contributed by atoms with Gasteiger partial charge in [-0.2, -0.15) is 0 Å². The fraction of sp³-hybridized carbons (Fsp3) is 0.360. The van der Waals surface area contributed by atoms with E-state index >= 15 is 0 Å². The van der Waals surface area contributed by atoms with Crippen molar-refractivity contribution >= 4 is 86.1 Å². The third-order valence-corrected chi connectivity index (χ3v) is 8.50. The average Bonchev–Trinajstić information content (AvgIpc) is 3.08. The van der Waals surface area contributed by atoms with Crippen molar-refractivity contribution in [3.63, 3.8) is 0 Å². The Hall–Kier alpha value is -1.00. The molecule has 1 saturated heterocycles. The number of nitrogens with zero attached hydrogens (tertiary/aromatic N) is 1. The summed E-state index contributed by atoms with van der Waals surface area (Å²) in [6, 6.07) is 9.44. The molecule has 0 unspecified atom stereocenters. The number of amides is 1. The fourth-order valence-corrected chi connectivity index (χ4v) is 6.79. The zero-order chi connectivity index (χ0) is 24.2. The van der Waals surface area contributed by atoms with Crippen LogP contribution in [-0.2, 0) is 11.4 Å². The second-order valence-electron chi connectivity index (χ2n) is 8.13. The Morgan fingerprint density at radius 1 is 1.18 bits per heavy atom. The number of ether oxygens (including phenoxy) is 2. The van der Waals surface area contributed by atoms with E-state index in [-0.39, 0.29) is 18.6 Å². The highest BCUT2D eigenvalue weighted by atomic mass is 127. The molecule has 9 heteroatoms. The first-order valence-corrected chi connectivity index (χ1v) is 14.2. The monoisotopic (exact) mass is 647 g/mol. The lowest BCUT2D eigenvalue weighted by Gasteiger charge is -2.29. The first-order valence-electron chi connectivity index (χ1n) is 11.2. The lowest BCUT2D eigenvalue weighted by molar-refractivity contribution is -0.124. The van der Waals surface area contributed by atoms with Gasteiger partial charge in [0, 0.05) is 21.7 Å². The third-order valence-electron chi connectivity index (χ3n) is 5.78. The van der Waals surface area contributed by atoms with Gasteiger partial charge in [-0.1, -0.05) is 72.5 Å². The van der Waals surface area contributed by atoms with Gasteiger partial charge in [0.2, 0.25) is 0 Å². The van der Waals surface area contributed by atoms with Crippen LogP contribution in [-0.4, -0.2) is 27.8 Å². The van der Waals surface area contributed by atoms with E-state index in [9.17, 15) is 4.79 Å². The van der Waals surface area contributed by atoms with Crippen molar-refractivity contribution in [1.29, 1.82) is 0 Å². The molecule has 2 aliphatic rings. The summed E-state index contributed by atoms with van der Waals surface area (Å²) in [6.07, 6.45) is 7.48. The molecule has 4 nitrogen and oxygen atoms in total. The molecular formula is C25H24Cl2INO3S2. The van der Waals surface area contributed by atoms with Gasteiger partial charge in [0.1, 0.15) is 10.9 Å². The molecular weight excluding hydrogens is 624 g/mol. The molecule has 1 heterocycles. The van der Waals surface area contributed by atoms with Crippen LogP contribution in [0.5, 0.6) is 11.5 Å². The number of carbonyl (C=O) groups excluding carboxylic acids is 1. The van der Waals surface area contributed by atoms with E-state index in [1.54, 1.807) is 12.1 Å². The minimum atomic E-state index is 0.00701. The molecule has 0 aromatic heterocycles. The molecule has 1 saturated carbocycles. The van der Waals surface area contributed by atoms with Crippen molar-refractivity contribution in [3.05, 3.63) is 60.0 Å². The van der Waals surface area contributed by atoms with E-state index < -0.39 is 0 Å². The Bertz CT molecular complexity index is 1140. The van der Waals surface area contributed by atoms with E-state index in [2.05, 4.69) is 22.6 Å². The van der Waals surface area contributed by atoms with Gasteiger partial charge in [-0.15, -0.1) is 0 Å². The SMILES string of the molecule is CCOc1cc(/C=C2\SC(=S)N(C3CCCCC3)C2=O)cc(I)c1OCc1ccc(Cl)cc1Cl. The van der Waals surface area contributed by atoms with Gasteiger partial charge in [0.25, 0.3) is 5.91 Å². The van der Waals surface area contributed by atoms with Gasteiger partial charge in [-0.3, -0.25) is 9.69 Å². The topological polar surface area (TPSA) is 38.8 Å². The second kappa shape index (κ2) is 11.8. The van der Waals surface area contributed by atoms with E-state index in [0.717, 1.165) is 40.4 Å². The summed E-state index contributed by atoms with van der Waals surface area (Å²) in [5.41, 5.74) is 1.70. The first kappa shape index (κ1) is 26.1. The molecule has 0 atom stereocenters. The van der Waals surface area contributed by atoms with Crippen molar-refractivity contribution in [1.82, 2.24) is 4.90 Å². The Morgan fingerprint density at radius 2 is 1.94 bits per heavy atom.